The summed E-state index contributed by atoms with van der Waals surface area (Å²) in [4.78, 5) is 19.7. The van der Waals surface area contributed by atoms with Gasteiger partial charge in [-0.1, -0.05) is 38.3 Å². The van der Waals surface area contributed by atoms with Gasteiger partial charge in [0.1, 0.15) is 5.82 Å². The van der Waals surface area contributed by atoms with Crippen molar-refractivity contribution in [2.75, 3.05) is 11.7 Å². The molecule has 2 aliphatic rings. The molecule has 0 spiro atoms. The molecule has 0 N–H and O–H groups in total. The molecule has 0 saturated heterocycles. The van der Waals surface area contributed by atoms with Crippen LogP contribution in [0.1, 0.15) is 56.9 Å². The fraction of sp³-hybridized carbons (Fsp3) is 0.455. The van der Waals surface area contributed by atoms with Crippen LogP contribution in [0.5, 0.6) is 11.5 Å². The molecular formula is C22H26N2O3. The Kier molecular flexibility index (Phi) is 5.28. The highest BCUT2D eigenvalue weighted by Gasteiger charge is 2.29. The minimum atomic E-state index is 0.0989. The maximum atomic E-state index is 13.3. The molecule has 2 heterocycles. The number of fused-ring (bicyclic) bond motifs is 1. The second-order valence-corrected chi connectivity index (χ2v) is 7.46. The van der Waals surface area contributed by atoms with E-state index in [9.17, 15) is 4.79 Å². The number of benzene rings is 1. The molecule has 1 fully saturated rings. The van der Waals surface area contributed by atoms with E-state index in [0.717, 1.165) is 35.7 Å². The summed E-state index contributed by atoms with van der Waals surface area (Å²) in [6.45, 7) is 2.36. The number of hydrogen-bond acceptors (Lipinski definition) is 4. The molecule has 5 nitrogen and oxygen atoms in total. The molecule has 0 radical (unpaired) electrons. The molecule has 1 unspecified atom stereocenters. The van der Waals surface area contributed by atoms with Crippen molar-refractivity contribution in [1.82, 2.24) is 4.98 Å². The number of rotatable bonds is 5. The summed E-state index contributed by atoms with van der Waals surface area (Å²) in [5.41, 5.74) is 1.09. The number of hydrogen-bond donors (Lipinski definition) is 0. The zero-order chi connectivity index (χ0) is 18.6. The molecule has 1 saturated carbocycles. The molecule has 1 amide bonds. The van der Waals surface area contributed by atoms with Crippen LogP contribution >= 0.6 is 0 Å². The smallest absolute Gasteiger partial charge is 0.231 e. The Morgan fingerprint density at radius 3 is 2.74 bits per heavy atom. The lowest BCUT2D eigenvalue weighted by molar-refractivity contribution is -0.119. The SMILES string of the molecule is CC(CC(=O)N(c1ccccn1)C1CCCCC1)c1ccc2c(c1)OCO2. The number of aromatic nitrogens is 1. The van der Waals surface area contributed by atoms with Crippen LogP contribution < -0.4 is 14.4 Å². The van der Waals surface area contributed by atoms with Crippen LogP contribution in [0.4, 0.5) is 5.82 Å². The van der Waals surface area contributed by atoms with Crippen LogP contribution in [0, 0.1) is 0 Å². The van der Waals surface area contributed by atoms with Gasteiger partial charge >= 0.3 is 0 Å². The van der Waals surface area contributed by atoms with Gasteiger partial charge in [0.15, 0.2) is 11.5 Å². The molecule has 2 aromatic rings. The third-order valence-corrected chi connectivity index (χ3v) is 5.55. The number of amides is 1. The van der Waals surface area contributed by atoms with Gasteiger partial charge < -0.3 is 9.47 Å². The minimum Gasteiger partial charge on any atom is -0.454 e. The Morgan fingerprint density at radius 1 is 1.15 bits per heavy atom. The number of pyridine rings is 1. The summed E-state index contributed by atoms with van der Waals surface area (Å²) in [6, 6.07) is 12.0. The van der Waals surface area contributed by atoms with E-state index in [1.807, 2.05) is 41.3 Å². The van der Waals surface area contributed by atoms with Crippen molar-refractivity contribution in [2.24, 2.45) is 0 Å². The first kappa shape index (κ1) is 17.8. The van der Waals surface area contributed by atoms with Crippen molar-refractivity contribution in [3.63, 3.8) is 0 Å². The molecular weight excluding hydrogens is 340 g/mol. The summed E-state index contributed by atoms with van der Waals surface area (Å²) in [5, 5.41) is 0. The molecule has 4 rings (SSSR count). The molecule has 5 heteroatoms. The van der Waals surface area contributed by atoms with Gasteiger partial charge in [-0.05, 0) is 48.6 Å². The highest BCUT2D eigenvalue weighted by atomic mass is 16.7. The standard InChI is InChI=1S/C22H26N2O3/c1-16(17-10-11-19-20(14-17)27-15-26-19)13-22(25)24(18-7-3-2-4-8-18)21-9-5-6-12-23-21/h5-6,9-12,14,16,18H,2-4,7-8,13,15H2,1H3. The average molecular weight is 366 g/mol. The number of anilines is 1. The van der Waals surface area contributed by atoms with Crippen molar-refractivity contribution in [3.05, 3.63) is 48.2 Å². The van der Waals surface area contributed by atoms with Crippen molar-refractivity contribution in [3.8, 4) is 11.5 Å². The number of carbonyl (C=O) groups excluding carboxylic acids is 1. The van der Waals surface area contributed by atoms with Crippen LogP contribution in [-0.2, 0) is 4.79 Å². The van der Waals surface area contributed by atoms with Crippen LogP contribution in [0.25, 0.3) is 0 Å². The predicted molar refractivity (Wildman–Crippen MR) is 104 cm³/mol. The minimum absolute atomic E-state index is 0.0989. The fourth-order valence-electron chi connectivity index (χ4n) is 4.05. The van der Waals surface area contributed by atoms with Gasteiger partial charge in [0.05, 0.1) is 0 Å². The van der Waals surface area contributed by atoms with Gasteiger partial charge in [-0.2, -0.15) is 0 Å². The zero-order valence-corrected chi connectivity index (χ0v) is 15.8. The second kappa shape index (κ2) is 7.99. The zero-order valence-electron chi connectivity index (χ0n) is 15.8. The molecule has 0 bridgehead atoms. The Labute approximate surface area is 160 Å². The van der Waals surface area contributed by atoms with E-state index in [2.05, 4.69) is 11.9 Å². The average Bonchev–Trinajstić information content (AvgIpc) is 3.17. The van der Waals surface area contributed by atoms with Crippen molar-refractivity contribution in [2.45, 2.75) is 57.4 Å². The van der Waals surface area contributed by atoms with Crippen LogP contribution in [0.2, 0.25) is 0 Å². The molecule has 1 aliphatic heterocycles. The Morgan fingerprint density at radius 2 is 1.96 bits per heavy atom. The molecule has 27 heavy (non-hydrogen) atoms. The maximum absolute atomic E-state index is 13.3. The topological polar surface area (TPSA) is 51.7 Å². The summed E-state index contributed by atoms with van der Waals surface area (Å²) in [7, 11) is 0. The van der Waals surface area contributed by atoms with E-state index in [4.69, 9.17) is 9.47 Å². The summed E-state index contributed by atoms with van der Waals surface area (Å²) < 4.78 is 10.9. The number of nitrogens with zero attached hydrogens (tertiary/aromatic N) is 2. The maximum Gasteiger partial charge on any atom is 0.231 e. The van der Waals surface area contributed by atoms with Gasteiger partial charge in [-0.3, -0.25) is 9.69 Å². The Bertz CT molecular complexity index is 787. The van der Waals surface area contributed by atoms with Crippen LogP contribution in [-0.4, -0.2) is 23.7 Å². The van der Waals surface area contributed by atoms with Crippen molar-refractivity contribution < 1.29 is 14.3 Å². The van der Waals surface area contributed by atoms with Gasteiger partial charge in [-0.15, -0.1) is 0 Å². The van der Waals surface area contributed by atoms with Gasteiger partial charge in [0.2, 0.25) is 12.7 Å². The largest absolute Gasteiger partial charge is 0.454 e. The van der Waals surface area contributed by atoms with Gasteiger partial charge in [-0.25, -0.2) is 4.98 Å². The van der Waals surface area contributed by atoms with E-state index in [-0.39, 0.29) is 24.7 Å². The Balaban J connectivity index is 1.52. The molecule has 1 atom stereocenters. The predicted octanol–water partition coefficient (Wildman–Crippen LogP) is 4.67. The first-order chi connectivity index (χ1) is 13.2. The summed E-state index contributed by atoms with van der Waals surface area (Å²) in [6.07, 6.45) is 7.94. The first-order valence-electron chi connectivity index (χ1n) is 9.85. The quantitative estimate of drug-likeness (QED) is 0.772. The molecule has 1 aliphatic carbocycles. The number of ether oxygens (including phenoxy) is 2. The van der Waals surface area contributed by atoms with Crippen LogP contribution in [0.3, 0.4) is 0 Å². The highest BCUT2D eigenvalue weighted by Crippen LogP contribution is 2.36. The van der Waals surface area contributed by atoms with Crippen LogP contribution in [0.15, 0.2) is 42.6 Å². The van der Waals surface area contributed by atoms with Crippen molar-refractivity contribution in [1.29, 1.82) is 0 Å². The molecule has 1 aromatic heterocycles. The lowest BCUT2D eigenvalue weighted by Crippen LogP contribution is -2.42. The van der Waals surface area contributed by atoms with E-state index >= 15 is 0 Å². The monoisotopic (exact) mass is 366 g/mol. The summed E-state index contributed by atoms with van der Waals surface area (Å²) >= 11 is 0. The van der Waals surface area contributed by atoms with Gasteiger partial charge in [0, 0.05) is 18.7 Å². The first-order valence-corrected chi connectivity index (χ1v) is 9.85. The lowest BCUT2D eigenvalue weighted by atomic mass is 9.92. The third kappa shape index (κ3) is 3.92. The normalized spacial score (nSPS) is 17.5. The number of carbonyl (C=O) groups is 1. The Hall–Kier alpha value is -2.56. The van der Waals surface area contributed by atoms with Gasteiger partial charge in [0.25, 0.3) is 0 Å². The third-order valence-electron chi connectivity index (χ3n) is 5.55. The second-order valence-electron chi connectivity index (χ2n) is 7.46. The lowest BCUT2D eigenvalue weighted by Gasteiger charge is -2.34. The molecule has 142 valence electrons. The molecule has 1 aromatic carbocycles. The van der Waals surface area contributed by atoms with E-state index < -0.39 is 0 Å². The van der Waals surface area contributed by atoms with Crippen molar-refractivity contribution >= 4 is 11.7 Å². The fourth-order valence-corrected chi connectivity index (χ4v) is 4.05. The van der Waals surface area contributed by atoms with E-state index in [1.54, 1.807) is 6.20 Å². The highest BCUT2D eigenvalue weighted by molar-refractivity contribution is 5.93. The summed E-state index contributed by atoms with van der Waals surface area (Å²) in [5.74, 6) is 2.55. The van der Waals surface area contributed by atoms with E-state index in [1.165, 1.54) is 19.3 Å². The van der Waals surface area contributed by atoms with E-state index in [0.29, 0.717) is 6.42 Å².